The van der Waals surface area contributed by atoms with Gasteiger partial charge in [0.1, 0.15) is 0 Å². The molecule has 2 unspecified atom stereocenters. The average Bonchev–Trinajstić information content (AvgIpc) is 2.87. The molecule has 1 saturated carbocycles. The molecule has 5 nitrogen and oxygen atoms in total. The lowest BCUT2D eigenvalue weighted by Crippen LogP contribution is -2.50. The Morgan fingerprint density at radius 2 is 1.50 bits per heavy atom. The highest BCUT2D eigenvalue weighted by molar-refractivity contribution is 4.85. The first-order valence-electron chi connectivity index (χ1n) is 10.2. The number of nitrogens with one attached hydrogen (secondary N) is 1. The van der Waals surface area contributed by atoms with E-state index >= 15 is 0 Å². The molecule has 0 radical (unpaired) electrons. The first-order valence-corrected chi connectivity index (χ1v) is 10.2. The third kappa shape index (κ3) is 5.67. The van der Waals surface area contributed by atoms with Crippen LogP contribution in [0.5, 0.6) is 0 Å². The zero-order valence-corrected chi connectivity index (χ0v) is 15.3. The molecular weight excluding hydrogens is 302 g/mol. The van der Waals surface area contributed by atoms with Crippen LogP contribution in [0.25, 0.3) is 0 Å². The summed E-state index contributed by atoms with van der Waals surface area (Å²) in [4.78, 5) is 5.16. The third-order valence-electron chi connectivity index (χ3n) is 6.27. The minimum absolute atomic E-state index is 0.357. The van der Waals surface area contributed by atoms with Gasteiger partial charge in [-0.05, 0) is 44.7 Å². The average molecular weight is 340 g/mol. The summed E-state index contributed by atoms with van der Waals surface area (Å²) in [5.41, 5.74) is 0. The molecule has 24 heavy (non-hydrogen) atoms. The minimum Gasteiger partial charge on any atom is -0.396 e. The maximum absolute atomic E-state index is 9.69. The fraction of sp³-hybridized carbons (Fsp3) is 1.00. The monoisotopic (exact) mass is 339 g/mol. The van der Waals surface area contributed by atoms with Crippen LogP contribution in [-0.4, -0.2) is 86.1 Å². The predicted octanol–water partition coefficient (Wildman–Crippen LogP) is 1.31. The van der Waals surface area contributed by atoms with Gasteiger partial charge in [-0.2, -0.15) is 0 Å². The van der Waals surface area contributed by atoms with Crippen LogP contribution in [0.2, 0.25) is 0 Å². The summed E-state index contributed by atoms with van der Waals surface area (Å²) in [6.45, 7) is 9.20. The topological polar surface area (TPSA) is 48.0 Å². The van der Waals surface area contributed by atoms with E-state index < -0.39 is 0 Å². The van der Waals surface area contributed by atoms with Crippen molar-refractivity contribution in [2.24, 2.45) is 5.92 Å². The van der Waals surface area contributed by atoms with Crippen molar-refractivity contribution in [2.45, 2.75) is 57.0 Å². The fourth-order valence-corrected chi connectivity index (χ4v) is 4.56. The van der Waals surface area contributed by atoms with Crippen LogP contribution in [0.1, 0.15) is 44.9 Å². The first kappa shape index (κ1) is 18.6. The SMILES string of the molecule is OCC1CCCCCC1NC1CCN(CCN2CCOCC2)CC1. The van der Waals surface area contributed by atoms with Crippen LogP contribution in [0.4, 0.5) is 0 Å². The summed E-state index contributed by atoms with van der Waals surface area (Å²) < 4.78 is 5.42. The fourth-order valence-electron chi connectivity index (χ4n) is 4.56. The largest absolute Gasteiger partial charge is 0.396 e. The van der Waals surface area contributed by atoms with Crippen molar-refractivity contribution < 1.29 is 9.84 Å². The third-order valence-corrected chi connectivity index (χ3v) is 6.27. The van der Waals surface area contributed by atoms with Gasteiger partial charge in [0.15, 0.2) is 0 Å². The molecule has 0 aromatic carbocycles. The molecule has 0 aromatic rings. The molecule has 3 fully saturated rings. The predicted molar refractivity (Wildman–Crippen MR) is 97.3 cm³/mol. The highest BCUT2D eigenvalue weighted by Gasteiger charge is 2.27. The van der Waals surface area contributed by atoms with Crippen LogP contribution in [0, 0.1) is 5.92 Å². The van der Waals surface area contributed by atoms with Gasteiger partial charge < -0.3 is 20.1 Å². The van der Waals surface area contributed by atoms with Crippen molar-refractivity contribution in [2.75, 3.05) is 59.1 Å². The standard InChI is InChI=1S/C19H37N3O2/c23-16-17-4-2-1-3-5-19(17)20-18-6-8-21(9-7-18)10-11-22-12-14-24-15-13-22/h17-20,23H,1-16H2. The number of rotatable bonds is 6. The van der Waals surface area contributed by atoms with E-state index in [1.54, 1.807) is 0 Å². The second kappa shape index (κ2) is 10.1. The van der Waals surface area contributed by atoms with Crippen LogP contribution in [0.3, 0.4) is 0 Å². The van der Waals surface area contributed by atoms with Crippen molar-refractivity contribution in [1.29, 1.82) is 0 Å². The summed E-state index contributed by atoms with van der Waals surface area (Å²) in [7, 11) is 0. The Labute approximate surface area is 147 Å². The Bertz CT molecular complexity index is 342. The Hall–Kier alpha value is -0.200. The molecule has 3 rings (SSSR count). The van der Waals surface area contributed by atoms with Crippen LogP contribution < -0.4 is 5.32 Å². The number of hydrogen-bond donors (Lipinski definition) is 2. The lowest BCUT2D eigenvalue weighted by Gasteiger charge is -2.37. The molecule has 2 heterocycles. The van der Waals surface area contributed by atoms with Gasteiger partial charge in [-0.1, -0.05) is 19.3 Å². The maximum atomic E-state index is 9.69. The van der Waals surface area contributed by atoms with Gasteiger partial charge in [0.2, 0.25) is 0 Å². The van der Waals surface area contributed by atoms with Gasteiger partial charge in [0, 0.05) is 44.9 Å². The molecule has 3 aliphatic rings. The Balaban J connectivity index is 1.35. The van der Waals surface area contributed by atoms with Crippen molar-refractivity contribution in [3.05, 3.63) is 0 Å². The molecule has 2 aliphatic heterocycles. The van der Waals surface area contributed by atoms with Crippen LogP contribution in [0.15, 0.2) is 0 Å². The molecule has 140 valence electrons. The van der Waals surface area contributed by atoms with Crippen LogP contribution >= 0.6 is 0 Å². The number of likely N-dealkylation sites (tertiary alicyclic amines) is 1. The molecule has 0 aromatic heterocycles. The van der Waals surface area contributed by atoms with E-state index in [9.17, 15) is 5.11 Å². The van der Waals surface area contributed by atoms with Crippen molar-refractivity contribution in [3.8, 4) is 0 Å². The first-order chi connectivity index (χ1) is 11.8. The molecule has 2 saturated heterocycles. The molecule has 1 aliphatic carbocycles. The zero-order chi connectivity index (χ0) is 16.6. The van der Waals surface area contributed by atoms with Crippen molar-refractivity contribution in [1.82, 2.24) is 15.1 Å². The zero-order valence-electron chi connectivity index (χ0n) is 15.3. The van der Waals surface area contributed by atoms with Gasteiger partial charge in [-0.25, -0.2) is 0 Å². The van der Waals surface area contributed by atoms with Gasteiger partial charge in [-0.15, -0.1) is 0 Å². The molecule has 0 spiro atoms. The van der Waals surface area contributed by atoms with E-state index in [2.05, 4.69) is 15.1 Å². The number of morpholine rings is 1. The molecule has 0 bridgehead atoms. The van der Waals surface area contributed by atoms with E-state index in [1.807, 2.05) is 0 Å². The van der Waals surface area contributed by atoms with E-state index in [4.69, 9.17) is 4.74 Å². The highest BCUT2D eigenvalue weighted by Crippen LogP contribution is 2.24. The van der Waals surface area contributed by atoms with Gasteiger partial charge >= 0.3 is 0 Å². The van der Waals surface area contributed by atoms with Gasteiger partial charge in [0.25, 0.3) is 0 Å². The van der Waals surface area contributed by atoms with E-state index in [0.29, 0.717) is 24.6 Å². The molecular formula is C19H37N3O2. The maximum Gasteiger partial charge on any atom is 0.0594 e. The van der Waals surface area contributed by atoms with E-state index in [1.165, 1.54) is 71.1 Å². The second-order valence-corrected chi connectivity index (χ2v) is 7.92. The number of aliphatic hydroxyl groups is 1. The number of nitrogens with zero attached hydrogens (tertiary/aromatic N) is 2. The second-order valence-electron chi connectivity index (χ2n) is 7.92. The normalized spacial score (nSPS) is 31.9. The summed E-state index contributed by atoms with van der Waals surface area (Å²) in [5.74, 6) is 0.479. The van der Waals surface area contributed by atoms with Gasteiger partial charge in [0.05, 0.1) is 13.2 Å². The Morgan fingerprint density at radius 3 is 2.21 bits per heavy atom. The van der Waals surface area contributed by atoms with Gasteiger partial charge in [-0.3, -0.25) is 4.90 Å². The Kier molecular flexibility index (Phi) is 7.80. The summed E-state index contributed by atoms with van der Waals surface area (Å²) >= 11 is 0. The van der Waals surface area contributed by atoms with Crippen LogP contribution in [-0.2, 0) is 4.74 Å². The summed E-state index contributed by atoms with van der Waals surface area (Å²) in [5, 5.41) is 13.6. The number of piperidine rings is 1. The summed E-state index contributed by atoms with van der Waals surface area (Å²) in [6, 6.07) is 1.20. The summed E-state index contributed by atoms with van der Waals surface area (Å²) in [6.07, 6.45) is 8.94. The van der Waals surface area contributed by atoms with Crippen molar-refractivity contribution >= 4 is 0 Å². The minimum atomic E-state index is 0.357. The smallest absolute Gasteiger partial charge is 0.0594 e. The molecule has 2 atom stereocenters. The lowest BCUT2D eigenvalue weighted by molar-refractivity contribution is 0.0316. The van der Waals surface area contributed by atoms with E-state index in [0.717, 1.165) is 26.3 Å². The number of aliphatic hydroxyl groups excluding tert-OH is 1. The quantitative estimate of drug-likeness (QED) is 0.715. The lowest BCUT2D eigenvalue weighted by atomic mass is 9.93. The number of hydrogen-bond acceptors (Lipinski definition) is 5. The van der Waals surface area contributed by atoms with E-state index in [-0.39, 0.29) is 0 Å². The molecule has 2 N–H and O–H groups in total. The highest BCUT2D eigenvalue weighted by atomic mass is 16.5. The number of ether oxygens (including phenoxy) is 1. The molecule has 5 heteroatoms. The Morgan fingerprint density at radius 1 is 0.833 bits per heavy atom. The molecule has 0 amide bonds. The van der Waals surface area contributed by atoms with Crippen molar-refractivity contribution in [3.63, 3.8) is 0 Å².